The predicted octanol–water partition coefficient (Wildman–Crippen LogP) is 3.94. The maximum Gasteiger partial charge on any atom is 0.250 e. The second-order valence-electron chi connectivity index (χ2n) is 4.06. The van der Waals surface area contributed by atoms with Crippen molar-refractivity contribution in [1.29, 1.82) is 0 Å². The molecule has 104 valence electrons. The van der Waals surface area contributed by atoms with Gasteiger partial charge in [0.25, 0.3) is 10.0 Å². The highest BCUT2D eigenvalue weighted by atomic mass is 32.2. The standard InChI is InChI=1S/C13H11NO2S4/c15-20(16,12-4-2-7-19-12)14-13(10-5-8-17-9-10)11-3-1-6-18-11/h1-9,13-14H/t13-/m0/s1. The van der Waals surface area contributed by atoms with Crippen molar-refractivity contribution < 1.29 is 8.42 Å². The van der Waals surface area contributed by atoms with Crippen molar-refractivity contribution in [3.8, 4) is 0 Å². The lowest BCUT2D eigenvalue weighted by Gasteiger charge is -2.16. The minimum Gasteiger partial charge on any atom is -0.206 e. The van der Waals surface area contributed by atoms with Gasteiger partial charge in [-0.15, -0.1) is 22.7 Å². The third kappa shape index (κ3) is 2.87. The fraction of sp³-hybridized carbons (Fsp3) is 0.0769. The third-order valence-corrected chi connectivity index (χ3v) is 7.20. The lowest BCUT2D eigenvalue weighted by molar-refractivity contribution is 0.575. The Morgan fingerprint density at radius 1 is 1.00 bits per heavy atom. The van der Waals surface area contributed by atoms with Crippen LogP contribution < -0.4 is 4.72 Å². The lowest BCUT2D eigenvalue weighted by atomic mass is 10.1. The molecule has 0 amide bonds. The third-order valence-electron chi connectivity index (χ3n) is 2.74. The normalized spacial score (nSPS) is 13.4. The van der Waals surface area contributed by atoms with Crippen LogP contribution in [0, 0.1) is 0 Å². The van der Waals surface area contributed by atoms with Crippen LogP contribution in [-0.4, -0.2) is 8.42 Å². The molecule has 0 saturated heterocycles. The Labute approximate surface area is 129 Å². The number of hydrogen-bond donors (Lipinski definition) is 1. The van der Waals surface area contributed by atoms with Crippen molar-refractivity contribution in [1.82, 2.24) is 4.72 Å². The summed E-state index contributed by atoms with van der Waals surface area (Å²) in [6, 6.07) is 8.86. The molecule has 0 aliphatic carbocycles. The average Bonchev–Trinajstić information content (AvgIpc) is 3.16. The van der Waals surface area contributed by atoms with Gasteiger partial charge in [0.2, 0.25) is 0 Å². The molecule has 7 heteroatoms. The first-order valence-electron chi connectivity index (χ1n) is 5.78. The van der Waals surface area contributed by atoms with Crippen molar-refractivity contribution in [2.45, 2.75) is 10.3 Å². The molecule has 0 aliphatic rings. The minimum absolute atomic E-state index is 0.326. The summed E-state index contributed by atoms with van der Waals surface area (Å²) in [7, 11) is -3.49. The summed E-state index contributed by atoms with van der Waals surface area (Å²) in [5, 5.41) is 7.64. The summed E-state index contributed by atoms with van der Waals surface area (Å²) < 4.78 is 27.9. The summed E-state index contributed by atoms with van der Waals surface area (Å²) in [5.74, 6) is 0. The summed E-state index contributed by atoms with van der Waals surface area (Å²) in [6.07, 6.45) is 0. The molecule has 0 unspecified atom stereocenters. The van der Waals surface area contributed by atoms with Gasteiger partial charge in [0, 0.05) is 4.88 Å². The number of thiophene rings is 3. The largest absolute Gasteiger partial charge is 0.250 e. The molecular formula is C13H11NO2S4. The van der Waals surface area contributed by atoms with Crippen LogP contribution in [0.1, 0.15) is 16.5 Å². The van der Waals surface area contributed by atoms with Gasteiger partial charge in [0.15, 0.2) is 0 Å². The van der Waals surface area contributed by atoms with E-state index in [0.717, 1.165) is 10.4 Å². The first-order valence-corrected chi connectivity index (χ1v) is 9.97. The van der Waals surface area contributed by atoms with E-state index in [1.807, 2.05) is 34.3 Å². The molecule has 0 radical (unpaired) electrons. The molecule has 3 aromatic rings. The highest BCUT2D eigenvalue weighted by Crippen LogP contribution is 2.29. The van der Waals surface area contributed by atoms with Crippen LogP contribution in [0.25, 0.3) is 0 Å². The molecule has 1 N–H and O–H groups in total. The molecule has 0 bridgehead atoms. The van der Waals surface area contributed by atoms with Crippen LogP contribution >= 0.6 is 34.0 Å². The Morgan fingerprint density at radius 3 is 2.40 bits per heavy atom. The Kier molecular flexibility index (Phi) is 4.04. The minimum atomic E-state index is -3.49. The first kappa shape index (κ1) is 14.0. The van der Waals surface area contributed by atoms with E-state index >= 15 is 0 Å². The van der Waals surface area contributed by atoms with Gasteiger partial charge in [0.1, 0.15) is 4.21 Å². The summed E-state index contributed by atoms with van der Waals surface area (Å²) in [5.41, 5.74) is 0.970. The summed E-state index contributed by atoms with van der Waals surface area (Å²) in [4.78, 5) is 0.989. The molecule has 0 spiro atoms. The van der Waals surface area contributed by atoms with E-state index in [1.165, 1.54) is 11.3 Å². The van der Waals surface area contributed by atoms with Crippen LogP contribution in [0.5, 0.6) is 0 Å². The summed E-state index contributed by atoms with van der Waals surface area (Å²) in [6.45, 7) is 0. The van der Waals surface area contributed by atoms with Crippen molar-refractivity contribution in [3.63, 3.8) is 0 Å². The fourth-order valence-corrected chi connectivity index (χ4v) is 5.59. The van der Waals surface area contributed by atoms with Crippen LogP contribution in [0.4, 0.5) is 0 Å². The van der Waals surface area contributed by atoms with Crippen LogP contribution in [0.3, 0.4) is 0 Å². The molecule has 3 aromatic heterocycles. The van der Waals surface area contributed by atoms with Gasteiger partial charge in [-0.1, -0.05) is 12.1 Å². The molecule has 3 rings (SSSR count). The highest BCUT2D eigenvalue weighted by Gasteiger charge is 2.24. The maximum atomic E-state index is 12.4. The first-order chi connectivity index (χ1) is 9.67. The van der Waals surface area contributed by atoms with Gasteiger partial charge >= 0.3 is 0 Å². The highest BCUT2D eigenvalue weighted by molar-refractivity contribution is 7.91. The van der Waals surface area contributed by atoms with Crippen molar-refractivity contribution in [3.05, 3.63) is 62.3 Å². The lowest BCUT2D eigenvalue weighted by Crippen LogP contribution is -2.28. The number of rotatable bonds is 5. The molecule has 0 fully saturated rings. The second-order valence-corrected chi connectivity index (χ2v) is 8.71. The molecule has 3 heterocycles. The molecule has 20 heavy (non-hydrogen) atoms. The Morgan fingerprint density at radius 2 is 1.80 bits per heavy atom. The molecule has 1 atom stereocenters. The van der Waals surface area contributed by atoms with Crippen molar-refractivity contribution >= 4 is 44.0 Å². The number of sulfonamides is 1. The summed E-state index contributed by atoms with van der Waals surface area (Å²) >= 11 is 4.33. The zero-order valence-electron chi connectivity index (χ0n) is 10.2. The van der Waals surface area contributed by atoms with Crippen LogP contribution in [0.15, 0.2) is 56.1 Å². The number of nitrogens with one attached hydrogen (secondary N) is 1. The molecule has 0 saturated carbocycles. The quantitative estimate of drug-likeness (QED) is 0.764. The topological polar surface area (TPSA) is 46.2 Å². The Balaban J connectivity index is 1.96. The zero-order chi connectivity index (χ0) is 14.0. The zero-order valence-corrected chi connectivity index (χ0v) is 13.5. The van der Waals surface area contributed by atoms with Gasteiger partial charge in [-0.05, 0) is 45.3 Å². The van der Waals surface area contributed by atoms with Crippen LogP contribution in [0.2, 0.25) is 0 Å². The van der Waals surface area contributed by atoms with Crippen molar-refractivity contribution in [2.24, 2.45) is 0 Å². The fourth-order valence-electron chi connectivity index (χ4n) is 1.81. The Bertz CT molecular complexity index is 709. The van der Waals surface area contributed by atoms with Gasteiger partial charge in [0.05, 0.1) is 6.04 Å². The van der Waals surface area contributed by atoms with E-state index in [-0.39, 0.29) is 6.04 Å². The maximum absolute atomic E-state index is 12.4. The SMILES string of the molecule is O=S(=O)(N[C@@H](c1ccsc1)c1cccs1)c1cccs1. The van der Waals surface area contributed by atoms with Crippen molar-refractivity contribution in [2.75, 3.05) is 0 Å². The van der Waals surface area contributed by atoms with Crippen LogP contribution in [-0.2, 0) is 10.0 Å². The predicted molar refractivity (Wildman–Crippen MR) is 85.1 cm³/mol. The van der Waals surface area contributed by atoms with E-state index in [0.29, 0.717) is 4.21 Å². The van der Waals surface area contributed by atoms with E-state index in [4.69, 9.17) is 0 Å². The molecule has 0 aromatic carbocycles. The van der Waals surface area contributed by atoms with E-state index in [2.05, 4.69) is 4.72 Å². The Hall–Kier alpha value is -0.990. The smallest absolute Gasteiger partial charge is 0.206 e. The van der Waals surface area contributed by atoms with Gasteiger partial charge in [-0.2, -0.15) is 16.1 Å². The van der Waals surface area contributed by atoms with E-state index < -0.39 is 10.0 Å². The van der Waals surface area contributed by atoms with Gasteiger partial charge < -0.3 is 0 Å². The average molecular weight is 342 g/mol. The van der Waals surface area contributed by atoms with Gasteiger partial charge in [-0.25, -0.2) is 8.42 Å². The molecule has 0 aliphatic heterocycles. The second kappa shape index (κ2) is 5.79. The molecule has 3 nitrogen and oxygen atoms in total. The number of hydrogen-bond acceptors (Lipinski definition) is 5. The molecular weight excluding hydrogens is 330 g/mol. The van der Waals surface area contributed by atoms with Gasteiger partial charge in [-0.3, -0.25) is 0 Å². The monoisotopic (exact) mass is 341 g/mol. The van der Waals surface area contributed by atoms with E-state index in [1.54, 1.807) is 40.2 Å². The van der Waals surface area contributed by atoms with E-state index in [9.17, 15) is 8.42 Å².